The van der Waals surface area contributed by atoms with E-state index >= 15 is 0 Å². The summed E-state index contributed by atoms with van der Waals surface area (Å²) < 4.78 is 34.8. The standard InChI is InChI=1S/C78H148NO8P/c1-6-8-10-12-14-16-18-20-22-24-26-28-30-32-34-36-37-38-39-40-41-43-45-47-49-51-53-55-57-59-61-63-65-67-69-71-78(81)87-76(75-86-88(82,83)85-73-72-79(3,4)5)74-84-77(80)70-68-66-64-62-60-58-56-54-52-50-48-46-44-42-35-33-31-29-27-25-23-21-19-17-15-13-11-9-7-2/h18-21,24-27,76H,6-17,22-23,28-75H2,1-5H3/p+1/b20-18-,21-19-,26-24-,27-25-. The van der Waals surface area contributed by atoms with E-state index in [0.29, 0.717) is 23.9 Å². The summed E-state index contributed by atoms with van der Waals surface area (Å²) in [5.41, 5.74) is 0. The first-order valence-corrected chi connectivity index (χ1v) is 39.9. The predicted octanol–water partition coefficient (Wildman–Crippen LogP) is 25.2. The molecule has 0 aromatic carbocycles. The van der Waals surface area contributed by atoms with Gasteiger partial charge in [-0.3, -0.25) is 18.6 Å². The van der Waals surface area contributed by atoms with Crippen LogP contribution in [0.4, 0.5) is 0 Å². The fraction of sp³-hybridized carbons (Fsp3) is 0.872. The number of carbonyl (C=O) groups excluding carboxylic acids is 2. The summed E-state index contributed by atoms with van der Waals surface area (Å²) in [7, 11) is 1.50. The van der Waals surface area contributed by atoms with E-state index in [2.05, 4.69) is 62.5 Å². The molecule has 2 unspecified atom stereocenters. The molecule has 0 aliphatic carbocycles. The van der Waals surface area contributed by atoms with Crippen molar-refractivity contribution in [3.63, 3.8) is 0 Å². The van der Waals surface area contributed by atoms with Gasteiger partial charge in [0, 0.05) is 12.8 Å². The lowest BCUT2D eigenvalue weighted by Gasteiger charge is -2.24. The number of hydrogen-bond acceptors (Lipinski definition) is 7. The fourth-order valence-corrected chi connectivity index (χ4v) is 12.2. The molecular weight excluding hydrogens is 1110 g/mol. The number of ether oxygens (including phenoxy) is 2. The van der Waals surface area contributed by atoms with E-state index in [1.165, 1.54) is 308 Å². The van der Waals surface area contributed by atoms with Crippen LogP contribution in [-0.2, 0) is 32.7 Å². The number of hydrogen-bond donors (Lipinski definition) is 1. The first kappa shape index (κ1) is 86.0. The Morgan fingerprint density at radius 1 is 0.352 bits per heavy atom. The van der Waals surface area contributed by atoms with E-state index in [1.54, 1.807) is 0 Å². The van der Waals surface area contributed by atoms with Gasteiger partial charge in [-0.25, -0.2) is 4.57 Å². The molecule has 1 N–H and O–H groups in total. The van der Waals surface area contributed by atoms with Gasteiger partial charge in [0.25, 0.3) is 0 Å². The third kappa shape index (κ3) is 73.0. The zero-order chi connectivity index (χ0) is 64.1. The normalized spacial score (nSPS) is 13.3. The van der Waals surface area contributed by atoms with Gasteiger partial charge in [-0.05, 0) is 77.0 Å². The lowest BCUT2D eigenvalue weighted by molar-refractivity contribution is -0.870. The number of rotatable bonds is 72. The number of phosphoric ester groups is 1. The molecular formula is C78H149NO8P+. The van der Waals surface area contributed by atoms with E-state index in [4.69, 9.17) is 18.5 Å². The molecule has 0 aromatic rings. The van der Waals surface area contributed by atoms with Crippen molar-refractivity contribution in [2.75, 3.05) is 47.5 Å². The molecule has 518 valence electrons. The van der Waals surface area contributed by atoms with E-state index in [0.717, 1.165) is 44.9 Å². The minimum atomic E-state index is -4.39. The third-order valence-corrected chi connectivity index (χ3v) is 18.3. The number of likely N-dealkylation sites (N-methyl/N-ethyl adjacent to an activating group) is 1. The van der Waals surface area contributed by atoms with E-state index in [-0.39, 0.29) is 25.6 Å². The molecule has 0 saturated heterocycles. The van der Waals surface area contributed by atoms with Gasteiger partial charge >= 0.3 is 19.8 Å². The largest absolute Gasteiger partial charge is 0.472 e. The Morgan fingerprint density at radius 2 is 0.614 bits per heavy atom. The van der Waals surface area contributed by atoms with Crippen LogP contribution in [0.25, 0.3) is 0 Å². The van der Waals surface area contributed by atoms with Crippen molar-refractivity contribution >= 4 is 19.8 Å². The molecule has 0 bridgehead atoms. The summed E-state index contributed by atoms with van der Waals surface area (Å²) in [6.07, 6.45) is 91.0. The van der Waals surface area contributed by atoms with Gasteiger partial charge in [0.15, 0.2) is 6.10 Å². The van der Waals surface area contributed by atoms with E-state index in [9.17, 15) is 19.0 Å². The molecule has 0 heterocycles. The highest BCUT2D eigenvalue weighted by Gasteiger charge is 2.27. The third-order valence-electron chi connectivity index (χ3n) is 17.3. The summed E-state index contributed by atoms with van der Waals surface area (Å²) in [6.45, 7) is 4.48. The zero-order valence-electron chi connectivity index (χ0n) is 59.2. The molecule has 0 amide bonds. The van der Waals surface area contributed by atoms with Crippen molar-refractivity contribution in [2.24, 2.45) is 0 Å². The van der Waals surface area contributed by atoms with E-state index in [1.807, 2.05) is 21.1 Å². The Hall–Kier alpha value is -2.03. The van der Waals surface area contributed by atoms with E-state index < -0.39 is 26.5 Å². The SMILES string of the molecule is CCCCCCC/C=C\C/C=C\CCCCCCCCCCCCCCCCCCCCCCCCCC(=O)OC(COC(=O)CCCCCCCCCCCCCCCCCCC/C=C\C/C=C\CCCCCCC)COP(=O)(O)OCC[N+](C)(C)C. The molecule has 0 spiro atoms. The molecule has 0 fully saturated rings. The molecule has 10 heteroatoms. The Balaban J connectivity index is 3.94. The van der Waals surface area contributed by atoms with Crippen LogP contribution in [0, 0.1) is 0 Å². The highest BCUT2D eigenvalue weighted by molar-refractivity contribution is 7.47. The lowest BCUT2D eigenvalue weighted by atomic mass is 10.0. The molecule has 0 aliphatic rings. The second kappa shape index (κ2) is 69.3. The summed E-state index contributed by atoms with van der Waals surface area (Å²) in [6, 6.07) is 0. The Kier molecular flexibility index (Phi) is 67.7. The summed E-state index contributed by atoms with van der Waals surface area (Å²) >= 11 is 0. The van der Waals surface area contributed by atoms with Crippen LogP contribution in [0.1, 0.15) is 386 Å². The summed E-state index contributed by atoms with van der Waals surface area (Å²) in [5, 5.41) is 0. The first-order chi connectivity index (χ1) is 43.0. The number of allylic oxidation sites excluding steroid dienone is 8. The summed E-state index contributed by atoms with van der Waals surface area (Å²) in [5.74, 6) is -0.775. The number of carbonyl (C=O) groups is 2. The smallest absolute Gasteiger partial charge is 0.462 e. The van der Waals surface area contributed by atoms with Gasteiger partial charge < -0.3 is 18.9 Å². The van der Waals surface area contributed by atoms with Gasteiger partial charge in [0.2, 0.25) is 0 Å². The molecule has 88 heavy (non-hydrogen) atoms. The predicted molar refractivity (Wildman–Crippen MR) is 381 cm³/mol. The number of esters is 2. The van der Waals surface area contributed by atoms with Crippen LogP contribution < -0.4 is 0 Å². The van der Waals surface area contributed by atoms with Gasteiger partial charge in [0.1, 0.15) is 19.8 Å². The van der Waals surface area contributed by atoms with Gasteiger partial charge in [0.05, 0.1) is 27.7 Å². The van der Waals surface area contributed by atoms with Gasteiger partial charge in [-0.15, -0.1) is 0 Å². The number of quaternary nitrogens is 1. The maximum absolute atomic E-state index is 12.9. The quantitative estimate of drug-likeness (QED) is 0.0211. The highest BCUT2D eigenvalue weighted by Crippen LogP contribution is 2.43. The molecule has 0 saturated carbocycles. The maximum atomic E-state index is 12.9. The van der Waals surface area contributed by atoms with Crippen LogP contribution in [0.15, 0.2) is 48.6 Å². The molecule has 0 rings (SSSR count). The molecule has 9 nitrogen and oxygen atoms in total. The average molecular weight is 1260 g/mol. The zero-order valence-corrected chi connectivity index (χ0v) is 60.1. The van der Waals surface area contributed by atoms with Crippen LogP contribution >= 0.6 is 7.82 Å². The first-order valence-electron chi connectivity index (χ1n) is 38.4. The number of nitrogens with zero attached hydrogens (tertiary/aromatic N) is 1. The molecule has 0 radical (unpaired) electrons. The molecule has 0 aromatic heterocycles. The van der Waals surface area contributed by atoms with Crippen LogP contribution in [0.5, 0.6) is 0 Å². The van der Waals surface area contributed by atoms with Crippen molar-refractivity contribution in [1.82, 2.24) is 0 Å². The van der Waals surface area contributed by atoms with Crippen molar-refractivity contribution < 1.29 is 42.1 Å². The van der Waals surface area contributed by atoms with Crippen LogP contribution in [0.2, 0.25) is 0 Å². The van der Waals surface area contributed by atoms with Crippen LogP contribution in [0.3, 0.4) is 0 Å². The van der Waals surface area contributed by atoms with Crippen molar-refractivity contribution in [2.45, 2.75) is 392 Å². The second-order valence-corrected chi connectivity index (χ2v) is 28.8. The fourth-order valence-electron chi connectivity index (χ4n) is 11.4. The Morgan fingerprint density at radius 3 is 0.898 bits per heavy atom. The second-order valence-electron chi connectivity index (χ2n) is 27.4. The van der Waals surface area contributed by atoms with Crippen LogP contribution in [-0.4, -0.2) is 74.9 Å². The van der Waals surface area contributed by atoms with Gasteiger partial charge in [-0.2, -0.15) is 0 Å². The Labute approximate surface area is 547 Å². The highest BCUT2D eigenvalue weighted by atomic mass is 31.2. The lowest BCUT2D eigenvalue weighted by Crippen LogP contribution is -2.37. The minimum Gasteiger partial charge on any atom is -0.462 e. The molecule has 2 atom stereocenters. The number of phosphoric acid groups is 1. The maximum Gasteiger partial charge on any atom is 0.472 e. The summed E-state index contributed by atoms with van der Waals surface area (Å²) in [4.78, 5) is 35.9. The minimum absolute atomic E-state index is 0.0342. The van der Waals surface area contributed by atoms with Crippen molar-refractivity contribution in [3.8, 4) is 0 Å². The van der Waals surface area contributed by atoms with Crippen molar-refractivity contribution in [3.05, 3.63) is 48.6 Å². The molecule has 0 aliphatic heterocycles. The topological polar surface area (TPSA) is 108 Å². The monoisotopic (exact) mass is 1260 g/mol. The average Bonchev–Trinajstić information content (AvgIpc) is 3.57. The van der Waals surface area contributed by atoms with Crippen molar-refractivity contribution in [1.29, 1.82) is 0 Å². The van der Waals surface area contributed by atoms with Gasteiger partial charge in [-0.1, -0.05) is 345 Å². The number of unbranched alkanes of at least 4 members (excludes halogenated alkanes) is 50. The Bertz CT molecular complexity index is 1620.